The van der Waals surface area contributed by atoms with Crippen LogP contribution in [0.5, 0.6) is 5.75 Å². The van der Waals surface area contributed by atoms with E-state index in [1.54, 1.807) is 30.7 Å². The van der Waals surface area contributed by atoms with Gasteiger partial charge in [0.25, 0.3) is 0 Å². The second-order valence-electron chi connectivity index (χ2n) is 6.13. The van der Waals surface area contributed by atoms with Crippen molar-refractivity contribution in [2.45, 2.75) is 6.61 Å². The maximum absolute atomic E-state index is 12.6. The summed E-state index contributed by atoms with van der Waals surface area (Å²) in [6.07, 6.45) is 8.64. The van der Waals surface area contributed by atoms with Gasteiger partial charge in [-0.3, -0.25) is 9.78 Å². The van der Waals surface area contributed by atoms with E-state index in [-0.39, 0.29) is 5.78 Å². The molecule has 27 heavy (non-hydrogen) atoms. The van der Waals surface area contributed by atoms with Crippen molar-refractivity contribution in [3.8, 4) is 5.75 Å². The van der Waals surface area contributed by atoms with Crippen molar-refractivity contribution in [1.82, 2.24) is 9.97 Å². The third kappa shape index (κ3) is 3.80. The van der Waals surface area contributed by atoms with Gasteiger partial charge in [0, 0.05) is 46.2 Å². The van der Waals surface area contributed by atoms with Crippen LogP contribution in [0.4, 0.5) is 0 Å². The van der Waals surface area contributed by atoms with E-state index in [1.807, 2.05) is 60.7 Å². The Morgan fingerprint density at radius 3 is 2.78 bits per heavy atom. The normalized spacial score (nSPS) is 11.1. The van der Waals surface area contributed by atoms with Crippen LogP contribution in [0.1, 0.15) is 21.5 Å². The van der Waals surface area contributed by atoms with E-state index in [9.17, 15) is 4.79 Å². The molecule has 2 aromatic carbocycles. The maximum Gasteiger partial charge on any atom is 0.188 e. The zero-order chi connectivity index (χ0) is 18.5. The van der Waals surface area contributed by atoms with Gasteiger partial charge in [-0.15, -0.1) is 0 Å². The number of pyridine rings is 1. The van der Waals surface area contributed by atoms with Crippen LogP contribution >= 0.6 is 0 Å². The Hall–Kier alpha value is -3.66. The highest BCUT2D eigenvalue weighted by molar-refractivity contribution is 6.14. The Morgan fingerprint density at radius 1 is 1.04 bits per heavy atom. The number of hydrogen-bond donors (Lipinski definition) is 1. The number of nitrogens with zero attached hydrogens (tertiary/aromatic N) is 1. The monoisotopic (exact) mass is 354 g/mol. The summed E-state index contributed by atoms with van der Waals surface area (Å²) in [5.74, 6) is 0.679. The molecule has 0 fully saturated rings. The summed E-state index contributed by atoms with van der Waals surface area (Å²) in [6, 6.07) is 19.3. The van der Waals surface area contributed by atoms with Crippen LogP contribution in [0.3, 0.4) is 0 Å². The Kier molecular flexibility index (Phi) is 4.79. The molecular weight excluding hydrogens is 336 g/mol. The summed E-state index contributed by atoms with van der Waals surface area (Å²) < 4.78 is 5.91. The minimum atomic E-state index is -0.0467. The number of fused-ring (bicyclic) bond motifs is 1. The Labute approximate surface area is 157 Å². The number of hydrogen-bond acceptors (Lipinski definition) is 3. The number of aromatic amines is 1. The molecule has 132 valence electrons. The molecule has 0 amide bonds. The number of para-hydroxylation sites is 2. The van der Waals surface area contributed by atoms with Crippen LogP contribution in [0.25, 0.3) is 17.0 Å². The van der Waals surface area contributed by atoms with Gasteiger partial charge < -0.3 is 9.72 Å². The minimum Gasteiger partial charge on any atom is -0.488 e. The minimum absolute atomic E-state index is 0.0467. The first kappa shape index (κ1) is 16.8. The molecule has 0 spiro atoms. The number of rotatable bonds is 6. The Bertz CT molecular complexity index is 1100. The average Bonchev–Trinajstić information content (AvgIpc) is 3.16. The summed E-state index contributed by atoms with van der Waals surface area (Å²) in [7, 11) is 0. The van der Waals surface area contributed by atoms with E-state index in [0.29, 0.717) is 12.2 Å². The fourth-order valence-electron chi connectivity index (χ4n) is 2.92. The lowest BCUT2D eigenvalue weighted by Gasteiger charge is -2.08. The van der Waals surface area contributed by atoms with E-state index in [2.05, 4.69) is 9.97 Å². The van der Waals surface area contributed by atoms with Crippen LogP contribution < -0.4 is 4.74 Å². The number of benzene rings is 2. The summed E-state index contributed by atoms with van der Waals surface area (Å²) in [5, 5.41) is 0.924. The number of allylic oxidation sites excluding steroid dienone is 1. The van der Waals surface area contributed by atoms with Gasteiger partial charge in [0.15, 0.2) is 5.78 Å². The van der Waals surface area contributed by atoms with Crippen LogP contribution in [-0.2, 0) is 6.61 Å². The number of carbonyl (C=O) groups is 1. The Morgan fingerprint density at radius 2 is 1.89 bits per heavy atom. The van der Waals surface area contributed by atoms with Crippen molar-refractivity contribution in [3.63, 3.8) is 0 Å². The lowest BCUT2D eigenvalue weighted by molar-refractivity contribution is 0.104. The topological polar surface area (TPSA) is 55.0 Å². The van der Waals surface area contributed by atoms with Gasteiger partial charge in [-0.2, -0.15) is 0 Å². The number of H-pyrrole nitrogens is 1. The van der Waals surface area contributed by atoms with Gasteiger partial charge in [0.05, 0.1) is 0 Å². The van der Waals surface area contributed by atoms with E-state index < -0.39 is 0 Å². The fraction of sp³-hybridized carbons (Fsp3) is 0.0435. The molecule has 0 aliphatic rings. The fourth-order valence-corrected chi connectivity index (χ4v) is 2.92. The molecule has 4 heteroatoms. The van der Waals surface area contributed by atoms with E-state index in [4.69, 9.17) is 4.74 Å². The van der Waals surface area contributed by atoms with Crippen LogP contribution in [-0.4, -0.2) is 15.8 Å². The molecule has 1 N–H and O–H groups in total. The van der Waals surface area contributed by atoms with Gasteiger partial charge in [0.2, 0.25) is 0 Å². The molecule has 4 aromatic rings. The van der Waals surface area contributed by atoms with Crippen molar-refractivity contribution < 1.29 is 9.53 Å². The van der Waals surface area contributed by atoms with E-state index in [0.717, 1.165) is 27.8 Å². The Balaban J connectivity index is 1.53. The highest BCUT2D eigenvalue weighted by atomic mass is 16.5. The molecular formula is C23H18N2O2. The lowest BCUT2D eigenvalue weighted by atomic mass is 10.1. The second-order valence-corrected chi connectivity index (χ2v) is 6.13. The highest BCUT2D eigenvalue weighted by Crippen LogP contribution is 2.22. The van der Waals surface area contributed by atoms with Crippen molar-refractivity contribution in [2.24, 2.45) is 0 Å². The number of aromatic nitrogens is 2. The highest BCUT2D eigenvalue weighted by Gasteiger charge is 2.09. The third-order valence-electron chi connectivity index (χ3n) is 4.31. The molecule has 0 bridgehead atoms. The average molecular weight is 354 g/mol. The molecule has 0 saturated heterocycles. The van der Waals surface area contributed by atoms with E-state index >= 15 is 0 Å². The van der Waals surface area contributed by atoms with Crippen LogP contribution in [0.2, 0.25) is 0 Å². The second kappa shape index (κ2) is 7.70. The molecule has 4 nitrogen and oxygen atoms in total. The molecule has 0 atom stereocenters. The van der Waals surface area contributed by atoms with Crippen molar-refractivity contribution in [1.29, 1.82) is 0 Å². The standard InChI is InChI=1S/C23H18N2O2/c26-22(20-15-25-21-9-3-2-8-19(20)21)12-11-18-7-1-4-10-23(18)27-16-17-6-5-13-24-14-17/h1-15,25H,16H2. The summed E-state index contributed by atoms with van der Waals surface area (Å²) in [5.41, 5.74) is 3.46. The molecule has 0 aliphatic heterocycles. The predicted octanol–water partition coefficient (Wildman–Crippen LogP) is 5.04. The lowest BCUT2D eigenvalue weighted by Crippen LogP contribution is -1.97. The van der Waals surface area contributed by atoms with Crippen LogP contribution in [0, 0.1) is 0 Å². The third-order valence-corrected chi connectivity index (χ3v) is 4.31. The molecule has 0 unspecified atom stereocenters. The molecule has 2 heterocycles. The van der Waals surface area contributed by atoms with Crippen molar-refractivity contribution in [3.05, 3.63) is 102 Å². The predicted molar refractivity (Wildman–Crippen MR) is 107 cm³/mol. The summed E-state index contributed by atoms with van der Waals surface area (Å²) in [4.78, 5) is 19.9. The van der Waals surface area contributed by atoms with Gasteiger partial charge in [-0.1, -0.05) is 42.5 Å². The smallest absolute Gasteiger partial charge is 0.188 e. The van der Waals surface area contributed by atoms with Gasteiger partial charge in [0.1, 0.15) is 12.4 Å². The summed E-state index contributed by atoms with van der Waals surface area (Å²) >= 11 is 0. The first-order valence-electron chi connectivity index (χ1n) is 8.70. The van der Waals surface area contributed by atoms with E-state index in [1.165, 1.54) is 0 Å². The van der Waals surface area contributed by atoms with Crippen LogP contribution in [0.15, 0.2) is 85.3 Å². The molecule has 0 radical (unpaired) electrons. The maximum atomic E-state index is 12.6. The number of carbonyl (C=O) groups excluding carboxylic acids is 1. The number of nitrogens with one attached hydrogen (secondary N) is 1. The summed E-state index contributed by atoms with van der Waals surface area (Å²) in [6.45, 7) is 0.426. The molecule has 0 saturated carbocycles. The SMILES string of the molecule is O=C(C=Cc1ccccc1OCc1cccnc1)c1c[nH]c2ccccc12. The first-order chi connectivity index (χ1) is 13.3. The molecule has 2 aromatic heterocycles. The van der Waals surface area contributed by atoms with Gasteiger partial charge in [-0.05, 0) is 30.4 Å². The number of ether oxygens (including phenoxy) is 1. The number of ketones is 1. The van der Waals surface area contributed by atoms with Gasteiger partial charge >= 0.3 is 0 Å². The molecule has 4 rings (SSSR count). The van der Waals surface area contributed by atoms with Crippen molar-refractivity contribution in [2.75, 3.05) is 0 Å². The first-order valence-corrected chi connectivity index (χ1v) is 8.70. The zero-order valence-corrected chi connectivity index (χ0v) is 14.6. The van der Waals surface area contributed by atoms with Crippen molar-refractivity contribution >= 4 is 22.8 Å². The largest absolute Gasteiger partial charge is 0.488 e. The molecule has 0 aliphatic carbocycles. The zero-order valence-electron chi connectivity index (χ0n) is 14.6. The van der Waals surface area contributed by atoms with Gasteiger partial charge in [-0.25, -0.2) is 0 Å². The quantitative estimate of drug-likeness (QED) is 0.390.